The van der Waals surface area contributed by atoms with E-state index in [-0.39, 0.29) is 30.2 Å². The standard InChI is InChI=1S/C16H22ClN3O2.ClH/c1-16(15(19)22,11-5-3-6-12(17)8-11)20-14(21)13-7-2-4-10(13)9-18;/h3,5-6,8,10,13H,2,4,7,9,18H2,1H3,(H2,19,22)(H,20,21);1H/t10-,13-,16?;/m1./s1. The minimum Gasteiger partial charge on any atom is -0.367 e. The first kappa shape index (κ1) is 19.7. The molecule has 0 radical (unpaired) electrons. The molecule has 128 valence electrons. The van der Waals surface area contributed by atoms with Crippen LogP contribution in [-0.4, -0.2) is 18.4 Å². The number of carbonyl (C=O) groups is 2. The van der Waals surface area contributed by atoms with Gasteiger partial charge in [-0.15, -0.1) is 12.4 Å². The fourth-order valence-corrected chi connectivity index (χ4v) is 3.27. The van der Waals surface area contributed by atoms with Crippen molar-refractivity contribution < 1.29 is 9.59 Å². The highest BCUT2D eigenvalue weighted by molar-refractivity contribution is 6.30. The number of primary amides is 1. The summed E-state index contributed by atoms with van der Waals surface area (Å²) in [4.78, 5) is 24.6. The SMILES string of the molecule is CC(NC(=O)[C@@H]1CCC[C@@H]1CN)(C(N)=O)c1cccc(Cl)c1.Cl. The number of halogens is 2. The molecule has 1 aromatic carbocycles. The summed E-state index contributed by atoms with van der Waals surface area (Å²) in [6, 6.07) is 6.80. The van der Waals surface area contributed by atoms with Gasteiger partial charge in [0.25, 0.3) is 0 Å². The molecule has 2 amide bonds. The first-order valence-corrected chi connectivity index (χ1v) is 7.84. The lowest BCUT2D eigenvalue weighted by Crippen LogP contribution is -2.54. The molecule has 2 rings (SSSR count). The van der Waals surface area contributed by atoms with Crippen molar-refractivity contribution in [2.24, 2.45) is 23.3 Å². The minimum atomic E-state index is -1.29. The number of benzene rings is 1. The monoisotopic (exact) mass is 359 g/mol. The number of hydrogen-bond acceptors (Lipinski definition) is 3. The predicted molar refractivity (Wildman–Crippen MR) is 93.3 cm³/mol. The Bertz CT molecular complexity index is 582. The molecule has 5 nitrogen and oxygen atoms in total. The summed E-state index contributed by atoms with van der Waals surface area (Å²) in [7, 11) is 0. The van der Waals surface area contributed by atoms with E-state index in [1.165, 1.54) is 0 Å². The van der Waals surface area contributed by atoms with Crippen LogP contribution in [0.3, 0.4) is 0 Å². The summed E-state index contributed by atoms with van der Waals surface area (Å²) in [5, 5.41) is 3.30. The molecular weight excluding hydrogens is 337 g/mol. The summed E-state index contributed by atoms with van der Waals surface area (Å²) in [6.07, 6.45) is 2.71. The Labute approximate surface area is 147 Å². The Hall–Kier alpha value is -1.30. The van der Waals surface area contributed by atoms with Gasteiger partial charge in [0.05, 0.1) is 0 Å². The van der Waals surface area contributed by atoms with E-state index in [0.29, 0.717) is 17.1 Å². The lowest BCUT2D eigenvalue weighted by molar-refractivity contribution is -0.134. The number of nitrogens with two attached hydrogens (primary N) is 2. The Morgan fingerprint density at radius 3 is 2.65 bits per heavy atom. The molecule has 1 aliphatic rings. The van der Waals surface area contributed by atoms with Crippen molar-refractivity contribution in [3.63, 3.8) is 0 Å². The largest absolute Gasteiger partial charge is 0.367 e. The molecule has 1 aromatic rings. The third kappa shape index (κ3) is 4.16. The maximum atomic E-state index is 12.6. The van der Waals surface area contributed by atoms with Crippen molar-refractivity contribution in [1.29, 1.82) is 0 Å². The van der Waals surface area contributed by atoms with Crippen LogP contribution in [-0.2, 0) is 15.1 Å². The molecule has 0 bridgehead atoms. The molecular formula is C16H23Cl2N3O2. The number of rotatable bonds is 5. The van der Waals surface area contributed by atoms with Crippen LogP contribution in [0.15, 0.2) is 24.3 Å². The van der Waals surface area contributed by atoms with Gasteiger partial charge in [0.2, 0.25) is 11.8 Å². The highest BCUT2D eigenvalue weighted by Gasteiger charge is 2.39. The lowest BCUT2D eigenvalue weighted by atomic mass is 9.88. The van der Waals surface area contributed by atoms with Crippen molar-refractivity contribution in [3.8, 4) is 0 Å². The van der Waals surface area contributed by atoms with Gasteiger partial charge in [-0.05, 0) is 49.9 Å². The summed E-state index contributed by atoms with van der Waals surface area (Å²) in [5.74, 6) is -0.793. The first-order valence-electron chi connectivity index (χ1n) is 7.46. The molecule has 0 heterocycles. The van der Waals surface area contributed by atoms with Gasteiger partial charge in [-0.1, -0.05) is 30.2 Å². The van der Waals surface area contributed by atoms with Crippen LogP contribution < -0.4 is 16.8 Å². The molecule has 0 spiro atoms. The summed E-state index contributed by atoms with van der Waals surface area (Å²) in [5.41, 5.74) is 10.6. The fraction of sp³-hybridized carbons (Fsp3) is 0.500. The smallest absolute Gasteiger partial charge is 0.247 e. The third-order valence-electron chi connectivity index (χ3n) is 4.57. The van der Waals surface area contributed by atoms with E-state index in [1.54, 1.807) is 31.2 Å². The number of amides is 2. The maximum absolute atomic E-state index is 12.6. The normalized spacial score (nSPS) is 22.7. The predicted octanol–water partition coefficient (Wildman–Crippen LogP) is 1.95. The van der Waals surface area contributed by atoms with Crippen LogP contribution in [0.4, 0.5) is 0 Å². The van der Waals surface area contributed by atoms with Gasteiger partial charge in [0.1, 0.15) is 5.54 Å². The summed E-state index contributed by atoms with van der Waals surface area (Å²) >= 11 is 5.98. The zero-order chi connectivity index (χ0) is 16.3. The van der Waals surface area contributed by atoms with Gasteiger partial charge in [-0.2, -0.15) is 0 Å². The van der Waals surface area contributed by atoms with Crippen LogP contribution in [0.1, 0.15) is 31.7 Å². The zero-order valence-corrected chi connectivity index (χ0v) is 14.6. The second-order valence-corrected chi connectivity index (χ2v) is 6.46. The Morgan fingerprint density at radius 1 is 1.39 bits per heavy atom. The molecule has 0 aliphatic heterocycles. The molecule has 1 fully saturated rings. The average Bonchev–Trinajstić information content (AvgIpc) is 2.95. The number of carbonyl (C=O) groups excluding carboxylic acids is 2. The van der Waals surface area contributed by atoms with E-state index in [0.717, 1.165) is 19.3 Å². The Balaban J connectivity index is 0.00000264. The zero-order valence-electron chi connectivity index (χ0n) is 13.0. The second-order valence-electron chi connectivity index (χ2n) is 6.02. The van der Waals surface area contributed by atoms with Gasteiger partial charge in [0.15, 0.2) is 0 Å². The second kappa shape index (κ2) is 7.99. The quantitative estimate of drug-likeness (QED) is 0.749. The first-order chi connectivity index (χ1) is 10.4. The molecule has 7 heteroatoms. The van der Waals surface area contributed by atoms with E-state index in [1.807, 2.05) is 0 Å². The van der Waals surface area contributed by atoms with Crippen molar-refractivity contribution in [3.05, 3.63) is 34.9 Å². The van der Waals surface area contributed by atoms with E-state index >= 15 is 0 Å². The molecule has 1 unspecified atom stereocenters. The van der Waals surface area contributed by atoms with E-state index in [4.69, 9.17) is 23.1 Å². The van der Waals surface area contributed by atoms with Crippen LogP contribution in [0.5, 0.6) is 0 Å². The van der Waals surface area contributed by atoms with E-state index in [9.17, 15) is 9.59 Å². The van der Waals surface area contributed by atoms with Crippen molar-refractivity contribution in [2.45, 2.75) is 31.7 Å². The Morgan fingerprint density at radius 2 is 2.09 bits per heavy atom. The van der Waals surface area contributed by atoms with Crippen LogP contribution >= 0.6 is 24.0 Å². The minimum absolute atomic E-state index is 0. The van der Waals surface area contributed by atoms with Gasteiger partial charge in [-0.3, -0.25) is 9.59 Å². The van der Waals surface area contributed by atoms with Crippen LogP contribution in [0.25, 0.3) is 0 Å². The van der Waals surface area contributed by atoms with E-state index in [2.05, 4.69) is 5.32 Å². The summed E-state index contributed by atoms with van der Waals surface area (Å²) in [6.45, 7) is 2.08. The molecule has 23 heavy (non-hydrogen) atoms. The van der Waals surface area contributed by atoms with Gasteiger partial charge in [-0.25, -0.2) is 0 Å². The summed E-state index contributed by atoms with van der Waals surface area (Å²) < 4.78 is 0. The molecule has 1 saturated carbocycles. The van der Waals surface area contributed by atoms with Crippen molar-refractivity contribution in [2.75, 3.05) is 6.54 Å². The molecule has 3 atom stereocenters. The highest BCUT2D eigenvalue weighted by atomic mass is 35.5. The topological polar surface area (TPSA) is 98.2 Å². The number of nitrogens with one attached hydrogen (secondary N) is 1. The van der Waals surface area contributed by atoms with Crippen LogP contribution in [0.2, 0.25) is 5.02 Å². The molecule has 1 aliphatic carbocycles. The van der Waals surface area contributed by atoms with Crippen molar-refractivity contribution >= 4 is 35.8 Å². The molecule has 5 N–H and O–H groups in total. The van der Waals surface area contributed by atoms with Gasteiger partial charge < -0.3 is 16.8 Å². The van der Waals surface area contributed by atoms with Gasteiger partial charge in [0, 0.05) is 10.9 Å². The molecule has 0 saturated heterocycles. The maximum Gasteiger partial charge on any atom is 0.247 e. The lowest BCUT2D eigenvalue weighted by Gasteiger charge is -2.30. The average molecular weight is 360 g/mol. The number of hydrogen-bond donors (Lipinski definition) is 3. The highest BCUT2D eigenvalue weighted by Crippen LogP contribution is 2.32. The Kier molecular flexibility index (Phi) is 6.86. The van der Waals surface area contributed by atoms with Crippen LogP contribution in [0, 0.1) is 11.8 Å². The fourth-order valence-electron chi connectivity index (χ4n) is 3.08. The van der Waals surface area contributed by atoms with Crippen molar-refractivity contribution in [1.82, 2.24) is 5.32 Å². The van der Waals surface area contributed by atoms with E-state index < -0.39 is 11.4 Å². The third-order valence-corrected chi connectivity index (χ3v) is 4.80. The molecule has 0 aromatic heterocycles. The van der Waals surface area contributed by atoms with Gasteiger partial charge >= 0.3 is 0 Å².